The predicted molar refractivity (Wildman–Crippen MR) is 84.4 cm³/mol. The van der Waals surface area contributed by atoms with Crippen molar-refractivity contribution < 1.29 is 9.47 Å². The summed E-state index contributed by atoms with van der Waals surface area (Å²) >= 11 is 0. The van der Waals surface area contributed by atoms with Crippen LogP contribution in [0.2, 0.25) is 0 Å². The summed E-state index contributed by atoms with van der Waals surface area (Å²) in [4.78, 5) is 0. The summed E-state index contributed by atoms with van der Waals surface area (Å²) in [5, 5.41) is 11.9. The Kier molecular flexibility index (Phi) is 4.21. The molecule has 0 atom stereocenters. The molecule has 0 amide bonds. The Hall–Kier alpha value is -2.03. The van der Waals surface area contributed by atoms with Gasteiger partial charge in [0.15, 0.2) is 12.3 Å². The van der Waals surface area contributed by atoms with E-state index < -0.39 is 0 Å². The monoisotopic (exact) mass is 285 g/mol. The van der Waals surface area contributed by atoms with E-state index in [9.17, 15) is 5.21 Å². The number of hydrogen-bond donors (Lipinski definition) is 0. The highest BCUT2D eigenvalue weighted by Crippen LogP contribution is 2.27. The summed E-state index contributed by atoms with van der Waals surface area (Å²) in [6, 6.07) is 11.7. The van der Waals surface area contributed by atoms with Crippen molar-refractivity contribution in [2.24, 2.45) is 0 Å². The van der Waals surface area contributed by atoms with Gasteiger partial charge < -0.3 is 9.94 Å². The van der Waals surface area contributed by atoms with Gasteiger partial charge in [0.25, 0.3) is 0 Å². The molecule has 0 unspecified atom stereocenters. The van der Waals surface area contributed by atoms with E-state index in [1.807, 2.05) is 19.1 Å². The van der Waals surface area contributed by atoms with Crippen LogP contribution in [0.1, 0.15) is 43.3 Å². The largest absolute Gasteiger partial charge is 0.618 e. The second-order valence-corrected chi connectivity index (χ2v) is 6.47. The smallest absolute Gasteiger partial charge is 0.230 e. The molecule has 0 radical (unpaired) electrons. The molecule has 112 valence electrons. The number of ether oxygens (including phenoxy) is 1. The van der Waals surface area contributed by atoms with Crippen molar-refractivity contribution in [3.05, 3.63) is 64.1 Å². The highest BCUT2D eigenvalue weighted by molar-refractivity contribution is 5.38. The van der Waals surface area contributed by atoms with Gasteiger partial charge in [-0.05, 0) is 35.6 Å². The fourth-order valence-electron chi connectivity index (χ4n) is 2.20. The van der Waals surface area contributed by atoms with Crippen LogP contribution in [0.4, 0.5) is 0 Å². The molecule has 3 nitrogen and oxygen atoms in total. The average molecular weight is 285 g/mol. The maximum atomic E-state index is 11.9. The lowest BCUT2D eigenvalue weighted by Crippen LogP contribution is -2.35. The second kappa shape index (κ2) is 5.76. The highest BCUT2D eigenvalue weighted by Gasteiger charge is 2.15. The molecule has 2 aromatic rings. The lowest BCUT2D eigenvalue weighted by Gasteiger charge is -2.20. The Morgan fingerprint density at radius 3 is 2.43 bits per heavy atom. The lowest BCUT2D eigenvalue weighted by atomic mass is 9.86. The lowest BCUT2D eigenvalue weighted by molar-refractivity contribution is -0.622. The number of pyridine rings is 1. The molecular formula is C18H23NO2. The number of aryl methyl sites for hydroxylation is 2. The van der Waals surface area contributed by atoms with E-state index in [0.29, 0.717) is 11.4 Å². The molecule has 0 aliphatic carbocycles. The topological polar surface area (TPSA) is 36.2 Å². The third-order valence-corrected chi connectivity index (χ3v) is 3.62. The van der Waals surface area contributed by atoms with Crippen molar-refractivity contribution in [1.82, 2.24) is 0 Å². The van der Waals surface area contributed by atoms with E-state index in [0.717, 1.165) is 16.0 Å². The molecule has 1 heterocycles. The number of aromatic nitrogens is 1. The van der Waals surface area contributed by atoms with Crippen LogP contribution in [-0.2, 0) is 12.0 Å². The van der Waals surface area contributed by atoms with Gasteiger partial charge in [-0.25, -0.2) is 0 Å². The normalized spacial score (nSPS) is 11.5. The van der Waals surface area contributed by atoms with Crippen LogP contribution >= 0.6 is 0 Å². The summed E-state index contributed by atoms with van der Waals surface area (Å²) in [6.07, 6.45) is 0. The fourth-order valence-corrected chi connectivity index (χ4v) is 2.20. The van der Waals surface area contributed by atoms with Crippen LogP contribution in [0, 0.1) is 19.1 Å². The van der Waals surface area contributed by atoms with Crippen LogP contribution in [0.25, 0.3) is 0 Å². The Balaban J connectivity index is 2.16. The summed E-state index contributed by atoms with van der Waals surface area (Å²) in [7, 11) is 0. The van der Waals surface area contributed by atoms with Crippen molar-refractivity contribution >= 4 is 0 Å². The fraction of sp³-hybridized carbons (Fsp3) is 0.389. The van der Waals surface area contributed by atoms with E-state index in [1.54, 1.807) is 19.1 Å². The van der Waals surface area contributed by atoms with Gasteiger partial charge in [-0.3, -0.25) is 0 Å². The van der Waals surface area contributed by atoms with E-state index in [4.69, 9.17) is 4.74 Å². The highest BCUT2D eigenvalue weighted by atomic mass is 16.5. The molecule has 2 rings (SSSR count). The third kappa shape index (κ3) is 3.54. The van der Waals surface area contributed by atoms with Crippen molar-refractivity contribution in [2.75, 3.05) is 0 Å². The zero-order valence-electron chi connectivity index (χ0n) is 13.4. The van der Waals surface area contributed by atoms with E-state index >= 15 is 0 Å². The van der Waals surface area contributed by atoms with E-state index in [-0.39, 0.29) is 12.0 Å². The van der Waals surface area contributed by atoms with Crippen LogP contribution in [0.15, 0.2) is 36.4 Å². The van der Waals surface area contributed by atoms with E-state index in [2.05, 4.69) is 32.9 Å². The number of hydrogen-bond acceptors (Lipinski definition) is 2. The van der Waals surface area contributed by atoms with Gasteiger partial charge in [-0.1, -0.05) is 32.9 Å². The van der Waals surface area contributed by atoms with Crippen molar-refractivity contribution in [3.8, 4) is 5.75 Å². The standard InChI is InChI=1S/C18H23NO2/c1-13-11-15(18(3,4)5)9-10-17(13)21-12-16-8-6-7-14(2)19(16)20/h6-11H,12H2,1-5H3. The summed E-state index contributed by atoms with van der Waals surface area (Å²) in [5.41, 5.74) is 3.79. The van der Waals surface area contributed by atoms with Crippen molar-refractivity contribution in [2.45, 2.75) is 46.6 Å². The molecule has 0 fully saturated rings. The maximum Gasteiger partial charge on any atom is 0.230 e. The first-order valence-electron chi connectivity index (χ1n) is 7.21. The van der Waals surface area contributed by atoms with Gasteiger partial charge in [0.2, 0.25) is 5.69 Å². The molecule has 0 N–H and O–H groups in total. The number of rotatable bonds is 3. The number of nitrogens with zero attached hydrogens (tertiary/aromatic N) is 1. The van der Waals surface area contributed by atoms with Gasteiger partial charge in [0.05, 0.1) is 0 Å². The SMILES string of the molecule is Cc1cc(C(C)(C)C)ccc1OCc1cccc(C)[n+]1[O-]. The second-order valence-electron chi connectivity index (χ2n) is 6.47. The molecule has 3 heteroatoms. The third-order valence-electron chi connectivity index (χ3n) is 3.62. The first kappa shape index (κ1) is 15.4. The molecule has 0 aliphatic rings. The van der Waals surface area contributed by atoms with Crippen LogP contribution in [0.3, 0.4) is 0 Å². The Morgan fingerprint density at radius 1 is 1.10 bits per heavy atom. The van der Waals surface area contributed by atoms with Crippen molar-refractivity contribution in [1.29, 1.82) is 0 Å². The van der Waals surface area contributed by atoms with E-state index in [1.165, 1.54) is 5.56 Å². The molecule has 1 aromatic heterocycles. The number of benzene rings is 1. The Bertz CT molecular complexity index is 642. The van der Waals surface area contributed by atoms with Crippen LogP contribution in [0.5, 0.6) is 5.75 Å². The van der Waals surface area contributed by atoms with Gasteiger partial charge in [0.1, 0.15) is 5.75 Å². The summed E-state index contributed by atoms with van der Waals surface area (Å²) < 4.78 is 6.72. The maximum absolute atomic E-state index is 11.9. The van der Waals surface area contributed by atoms with Crippen LogP contribution in [-0.4, -0.2) is 0 Å². The van der Waals surface area contributed by atoms with Gasteiger partial charge in [-0.2, -0.15) is 4.73 Å². The molecular weight excluding hydrogens is 262 g/mol. The molecule has 0 bridgehead atoms. The van der Waals surface area contributed by atoms with Gasteiger partial charge >= 0.3 is 0 Å². The Labute approximate surface area is 126 Å². The minimum atomic E-state index is 0.123. The first-order valence-corrected chi connectivity index (χ1v) is 7.21. The Morgan fingerprint density at radius 2 is 1.81 bits per heavy atom. The van der Waals surface area contributed by atoms with Gasteiger partial charge in [-0.15, -0.1) is 0 Å². The van der Waals surface area contributed by atoms with Crippen LogP contribution < -0.4 is 9.47 Å². The zero-order chi connectivity index (χ0) is 15.6. The summed E-state index contributed by atoms with van der Waals surface area (Å²) in [6.45, 7) is 10.7. The predicted octanol–water partition coefficient (Wildman–Crippen LogP) is 3.81. The zero-order valence-corrected chi connectivity index (χ0v) is 13.4. The molecule has 0 saturated carbocycles. The molecule has 1 aromatic carbocycles. The quantitative estimate of drug-likeness (QED) is 0.635. The van der Waals surface area contributed by atoms with Gasteiger partial charge in [0, 0.05) is 19.1 Å². The average Bonchev–Trinajstić information content (AvgIpc) is 2.40. The minimum Gasteiger partial charge on any atom is -0.618 e. The summed E-state index contributed by atoms with van der Waals surface area (Å²) in [5.74, 6) is 0.824. The molecule has 0 saturated heterocycles. The minimum absolute atomic E-state index is 0.123. The molecule has 0 spiro atoms. The van der Waals surface area contributed by atoms with Crippen molar-refractivity contribution in [3.63, 3.8) is 0 Å². The molecule has 21 heavy (non-hydrogen) atoms. The first-order chi connectivity index (χ1) is 9.79. The molecule has 0 aliphatic heterocycles.